The Labute approximate surface area is 115 Å². The molecule has 2 N–H and O–H groups in total. The molecule has 1 amide bonds. The first-order valence-electron chi connectivity index (χ1n) is 5.92. The summed E-state index contributed by atoms with van der Waals surface area (Å²) in [5, 5.41) is 15.1. The van der Waals surface area contributed by atoms with Crippen LogP contribution in [0.25, 0.3) is 0 Å². The van der Waals surface area contributed by atoms with Crippen LogP contribution in [0, 0.1) is 0 Å². The Bertz CT molecular complexity index is 435. The first kappa shape index (κ1) is 15.5. The minimum Gasteiger partial charge on any atom is -0.480 e. The third-order valence-corrected chi connectivity index (χ3v) is 3.19. The fourth-order valence-corrected chi connectivity index (χ4v) is 2.23. The molecule has 0 spiro atoms. The zero-order chi connectivity index (χ0) is 14.3. The molecule has 1 aromatic heterocycles. The molecule has 0 saturated carbocycles. The number of nitrogens with zero attached hydrogens (tertiary/aromatic N) is 2. The van der Waals surface area contributed by atoms with E-state index in [2.05, 4.69) is 15.5 Å². The topological polar surface area (TPSA) is 105 Å². The first-order chi connectivity index (χ1) is 9.02. The largest absolute Gasteiger partial charge is 0.480 e. The quantitative estimate of drug-likeness (QED) is 0.730. The van der Waals surface area contributed by atoms with Gasteiger partial charge in [-0.25, -0.2) is 4.79 Å². The monoisotopic (exact) mass is 287 g/mol. The van der Waals surface area contributed by atoms with Crippen molar-refractivity contribution < 1.29 is 19.2 Å². The van der Waals surface area contributed by atoms with Crippen molar-refractivity contribution in [2.24, 2.45) is 0 Å². The minimum absolute atomic E-state index is 0.250. The lowest BCUT2D eigenvalue weighted by molar-refractivity contribution is -0.140. The Morgan fingerprint density at radius 2 is 2.26 bits per heavy atom. The van der Waals surface area contributed by atoms with Gasteiger partial charge in [-0.1, -0.05) is 12.1 Å². The minimum atomic E-state index is -1.06. The summed E-state index contributed by atoms with van der Waals surface area (Å²) in [6.45, 7) is 3.31. The molecule has 106 valence electrons. The second kappa shape index (κ2) is 7.78. The van der Waals surface area contributed by atoms with Gasteiger partial charge in [-0.2, -0.15) is 4.98 Å². The van der Waals surface area contributed by atoms with E-state index in [0.717, 1.165) is 12.8 Å². The van der Waals surface area contributed by atoms with Crippen molar-refractivity contribution in [2.45, 2.75) is 38.5 Å². The summed E-state index contributed by atoms with van der Waals surface area (Å²) >= 11 is 1.32. The van der Waals surface area contributed by atoms with Gasteiger partial charge in [0.1, 0.15) is 6.04 Å². The number of carbonyl (C=O) groups excluding carboxylic acids is 1. The molecule has 0 aliphatic carbocycles. The van der Waals surface area contributed by atoms with Gasteiger partial charge in [-0.15, -0.1) is 11.8 Å². The van der Waals surface area contributed by atoms with Gasteiger partial charge in [0, 0.05) is 19.1 Å². The summed E-state index contributed by atoms with van der Waals surface area (Å²) < 4.78 is 5.02. The normalized spacial score (nSPS) is 12.1. The van der Waals surface area contributed by atoms with Crippen LogP contribution in [0.3, 0.4) is 0 Å². The van der Waals surface area contributed by atoms with E-state index in [9.17, 15) is 9.59 Å². The van der Waals surface area contributed by atoms with Crippen molar-refractivity contribution in [1.29, 1.82) is 0 Å². The number of hydrogen-bond donors (Lipinski definition) is 2. The molecular formula is C11H17N3O4S. The molecular weight excluding hydrogens is 270 g/mol. The third-order valence-electron chi connectivity index (χ3n) is 2.17. The third kappa shape index (κ3) is 5.73. The zero-order valence-electron chi connectivity index (χ0n) is 10.9. The summed E-state index contributed by atoms with van der Waals surface area (Å²) in [5.74, 6) is 0.395. The van der Waals surface area contributed by atoms with Crippen LogP contribution in [0.5, 0.6) is 0 Å². The maximum atomic E-state index is 10.9. The molecule has 1 atom stereocenters. The van der Waals surface area contributed by atoms with Crippen LogP contribution >= 0.6 is 11.8 Å². The number of rotatable bonds is 8. The summed E-state index contributed by atoms with van der Waals surface area (Å²) in [4.78, 5) is 25.9. The van der Waals surface area contributed by atoms with Crippen molar-refractivity contribution in [3.8, 4) is 0 Å². The average molecular weight is 287 g/mol. The van der Waals surface area contributed by atoms with Gasteiger partial charge >= 0.3 is 5.97 Å². The molecule has 1 unspecified atom stereocenters. The molecule has 8 heteroatoms. The molecule has 19 heavy (non-hydrogen) atoms. The molecule has 0 aromatic carbocycles. The maximum absolute atomic E-state index is 10.9. The van der Waals surface area contributed by atoms with Crippen LogP contribution in [0.2, 0.25) is 0 Å². The van der Waals surface area contributed by atoms with Gasteiger partial charge in [0.25, 0.3) is 0 Å². The van der Waals surface area contributed by atoms with E-state index in [1.54, 1.807) is 0 Å². The SMILES string of the molecule is CCCc1noc(CSCC(NC(C)=O)C(=O)O)n1. The van der Waals surface area contributed by atoms with Crippen molar-refractivity contribution in [3.05, 3.63) is 11.7 Å². The van der Waals surface area contributed by atoms with Gasteiger partial charge in [0.2, 0.25) is 11.8 Å². The number of nitrogens with one attached hydrogen (secondary N) is 1. The molecule has 7 nitrogen and oxygen atoms in total. The fourth-order valence-electron chi connectivity index (χ4n) is 1.36. The highest BCUT2D eigenvalue weighted by Gasteiger charge is 2.18. The number of thioether (sulfide) groups is 1. The summed E-state index contributed by atoms with van der Waals surface area (Å²) in [6.07, 6.45) is 1.70. The molecule has 0 aliphatic heterocycles. The number of amides is 1. The maximum Gasteiger partial charge on any atom is 0.327 e. The number of carboxylic acids is 1. The van der Waals surface area contributed by atoms with Gasteiger partial charge < -0.3 is 14.9 Å². The van der Waals surface area contributed by atoms with E-state index in [-0.39, 0.29) is 11.7 Å². The second-order valence-corrected chi connectivity index (χ2v) is 4.99. The molecule has 1 aromatic rings. The summed E-state index contributed by atoms with van der Waals surface area (Å²) in [5.41, 5.74) is 0. The van der Waals surface area contributed by atoms with Crippen LogP contribution in [0.1, 0.15) is 32.0 Å². The van der Waals surface area contributed by atoms with Crippen LogP contribution < -0.4 is 5.32 Å². The highest BCUT2D eigenvalue weighted by molar-refractivity contribution is 7.98. The number of carbonyl (C=O) groups is 2. The number of aromatic nitrogens is 2. The molecule has 0 radical (unpaired) electrons. The first-order valence-corrected chi connectivity index (χ1v) is 7.07. The fraction of sp³-hybridized carbons (Fsp3) is 0.636. The lowest BCUT2D eigenvalue weighted by atomic mass is 10.3. The van der Waals surface area contributed by atoms with Crippen molar-refractivity contribution >= 4 is 23.6 Å². The van der Waals surface area contributed by atoms with Gasteiger partial charge in [-0.3, -0.25) is 4.79 Å². The number of aryl methyl sites for hydroxylation is 1. The van der Waals surface area contributed by atoms with Crippen LogP contribution in [-0.4, -0.2) is 38.9 Å². The molecule has 1 rings (SSSR count). The molecule has 0 fully saturated rings. The Balaban J connectivity index is 2.38. The van der Waals surface area contributed by atoms with Crippen molar-refractivity contribution in [1.82, 2.24) is 15.5 Å². The van der Waals surface area contributed by atoms with E-state index >= 15 is 0 Å². The van der Waals surface area contributed by atoms with E-state index in [4.69, 9.17) is 9.63 Å². The number of aliphatic carboxylic acids is 1. The van der Waals surface area contributed by atoms with E-state index in [1.165, 1.54) is 18.7 Å². The van der Waals surface area contributed by atoms with Crippen LogP contribution in [-0.2, 0) is 21.8 Å². The highest BCUT2D eigenvalue weighted by atomic mass is 32.2. The van der Waals surface area contributed by atoms with Gasteiger partial charge in [-0.05, 0) is 6.42 Å². The lowest BCUT2D eigenvalue weighted by Gasteiger charge is -2.11. The number of hydrogen-bond acceptors (Lipinski definition) is 6. The summed E-state index contributed by atoms with van der Waals surface area (Å²) in [7, 11) is 0. The lowest BCUT2D eigenvalue weighted by Crippen LogP contribution is -2.41. The van der Waals surface area contributed by atoms with Crippen molar-refractivity contribution in [3.63, 3.8) is 0 Å². The molecule has 0 saturated heterocycles. The molecule has 0 bridgehead atoms. The van der Waals surface area contributed by atoms with E-state index in [0.29, 0.717) is 17.5 Å². The van der Waals surface area contributed by atoms with Crippen molar-refractivity contribution in [2.75, 3.05) is 5.75 Å². The highest BCUT2D eigenvalue weighted by Crippen LogP contribution is 2.12. The van der Waals surface area contributed by atoms with Gasteiger partial charge in [0.15, 0.2) is 5.82 Å². The predicted octanol–water partition coefficient (Wildman–Crippen LogP) is 0.845. The van der Waals surface area contributed by atoms with Crippen LogP contribution in [0.4, 0.5) is 0 Å². The molecule has 1 heterocycles. The Morgan fingerprint density at radius 1 is 1.53 bits per heavy atom. The standard InChI is InChI=1S/C11H17N3O4S/c1-3-4-9-13-10(18-14-9)6-19-5-8(11(16)17)12-7(2)15/h8H,3-6H2,1-2H3,(H,12,15)(H,16,17). The summed E-state index contributed by atoms with van der Waals surface area (Å²) in [6, 6.07) is -0.902. The smallest absolute Gasteiger partial charge is 0.327 e. The Hall–Kier alpha value is -1.57. The van der Waals surface area contributed by atoms with Crippen LogP contribution in [0.15, 0.2) is 4.52 Å². The van der Waals surface area contributed by atoms with E-state index in [1.807, 2.05) is 6.92 Å². The second-order valence-electron chi connectivity index (χ2n) is 3.96. The Kier molecular flexibility index (Phi) is 6.34. The van der Waals surface area contributed by atoms with E-state index < -0.39 is 12.0 Å². The predicted molar refractivity (Wildman–Crippen MR) is 69.7 cm³/mol. The zero-order valence-corrected chi connectivity index (χ0v) is 11.7. The van der Waals surface area contributed by atoms with Gasteiger partial charge in [0.05, 0.1) is 5.75 Å². The Morgan fingerprint density at radius 3 is 2.84 bits per heavy atom. The number of carboxylic acid groups (broad SMARTS) is 1. The molecule has 0 aliphatic rings. The average Bonchev–Trinajstić information content (AvgIpc) is 2.75.